The van der Waals surface area contributed by atoms with Crippen molar-refractivity contribution in [1.82, 2.24) is 24.6 Å². The van der Waals surface area contributed by atoms with Crippen LogP contribution in [-0.4, -0.2) is 56.7 Å². The van der Waals surface area contributed by atoms with Gasteiger partial charge in [-0.1, -0.05) is 18.2 Å². The van der Waals surface area contributed by atoms with E-state index in [9.17, 15) is 4.79 Å². The number of rotatable bonds is 3. The molecule has 1 aromatic carbocycles. The highest BCUT2D eigenvalue weighted by Gasteiger charge is 2.25. The Balaban J connectivity index is 1.53. The van der Waals surface area contributed by atoms with E-state index in [-0.39, 0.29) is 5.91 Å². The largest absolute Gasteiger partial charge is 0.368 e. The number of pyridine rings is 1. The van der Waals surface area contributed by atoms with Gasteiger partial charge < -0.3 is 9.80 Å². The molecule has 0 radical (unpaired) electrons. The molecule has 0 N–H and O–H groups in total. The Kier molecular flexibility index (Phi) is 4.58. The van der Waals surface area contributed by atoms with Crippen LogP contribution < -0.4 is 4.90 Å². The van der Waals surface area contributed by atoms with Crippen LogP contribution in [0.5, 0.6) is 0 Å². The van der Waals surface area contributed by atoms with Gasteiger partial charge in [0.05, 0.1) is 5.56 Å². The molecule has 1 fully saturated rings. The van der Waals surface area contributed by atoms with Crippen LogP contribution in [0.25, 0.3) is 11.4 Å². The minimum absolute atomic E-state index is 0.0414. The molecule has 3 heterocycles. The van der Waals surface area contributed by atoms with Gasteiger partial charge in [0.25, 0.3) is 5.91 Å². The van der Waals surface area contributed by atoms with Crippen LogP contribution in [0.4, 0.5) is 5.69 Å². The van der Waals surface area contributed by atoms with E-state index in [1.54, 1.807) is 4.68 Å². The monoisotopic (exact) mass is 362 g/mol. The van der Waals surface area contributed by atoms with Gasteiger partial charge in [0.15, 0.2) is 5.82 Å². The van der Waals surface area contributed by atoms with E-state index in [4.69, 9.17) is 0 Å². The Morgan fingerprint density at radius 2 is 1.85 bits per heavy atom. The summed E-state index contributed by atoms with van der Waals surface area (Å²) in [6.45, 7) is 5.06. The second kappa shape index (κ2) is 7.19. The number of aryl methyl sites for hydroxylation is 2. The van der Waals surface area contributed by atoms with Crippen LogP contribution in [0.15, 0.2) is 49.1 Å². The molecule has 1 aliphatic heterocycles. The first-order chi connectivity index (χ1) is 13.1. The van der Waals surface area contributed by atoms with Gasteiger partial charge in [-0.05, 0) is 24.6 Å². The van der Waals surface area contributed by atoms with E-state index < -0.39 is 0 Å². The normalized spacial score (nSPS) is 14.4. The topological polar surface area (TPSA) is 67.2 Å². The van der Waals surface area contributed by atoms with E-state index in [1.807, 2.05) is 54.7 Å². The van der Waals surface area contributed by atoms with Crippen LogP contribution in [-0.2, 0) is 7.05 Å². The van der Waals surface area contributed by atoms with Gasteiger partial charge in [-0.15, -0.1) is 0 Å². The zero-order chi connectivity index (χ0) is 18.8. The number of nitrogens with zero attached hydrogens (tertiary/aromatic N) is 6. The van der Waals surface area contributed by atoms with Crippen molar-refractivity contribution in [3.8, 4) is 11.4 Å². The second-order valence-electron chi connectivity index (χ2n) is 6.69. The fourth-order valence-electron chi connectivity index (χ4n) is 3.55. The summed E-state index contributed by atoms with van der Waals surface area (Å²) in [7, 11) is 1.83. The van der Waals surface area contributed by atoms with Crippen molar-refractivity contribution in [2.45, 2.75) is 6.92 Å². The van der Waals surface area contributed by atoms with Crippen LogP contribution in [0.2, 0.25) is 0 Å². The molecule has 1 amide bonds. The van der Waals surface area contributed by atoms with E-state index in [0.717, 1.165) is 24.2 Å². The third kappa shape index (κ3) is 3.28. The lowest BCUT2D eigenvalue weighted by Gasteiger charge is -2.37. The summed E-state index contributed by atoms with van der Waals surface area (Å²) in [5, 5.41) is 4.13. The third-order valence-corrected chi connectivity index (χ3v) is 5.01. The SMILES string of the molecule is Cc1cnccc1N1CCN(C(=O)c2ccccc2-c2ncnn2C)CC1. The van der Waals surface area contributed by atoms with E-state index in [2.05, 4.69) is 26.9 Å². The number of piperazine rings is 1. The zero-order valence-electron chi connectivity index (χ0n) is 15.5. The lowest BCUT2D eigenvalue weighted by Crippen LogP contribution is -2.49. The Bertz CT molecular complexity index is 958. The molecule has 0 bridgehead atoms. The molecule has 0 unspecified atom stereocenters. The maximum atomic E-state index is 13.2. The first-order valence-corrected chi connectivity index (χ1v) is 9.03. The van der Waals surface area contributed by atoms with Crippen LogP contribution in [0.1, 0.15) is 15.9 Å². The van der Waals surface area contributed by atoms with Gasteiger partial charge in [-0.3, -0.25) is 9.78 Å². The maximum Gasteiger partial charge on any atom is 0.254 e. The van der Waals surface area contributed by atoms with Crippen molar-refractivity contribution in [1.29, 1.82) is 0 Å². The predicted octanol–water partition coefficient (Wildman–Crippen LogP) is 2.15. The average molecular weight is 362 g/mol. The van der Waals surface area contributed by atoms with Crippen LogP contribution in [0, 0.1) is 6.92 Å². The van der Waals surface area contributed by atoms with Crippen molar-refractivity contribution in [3.63, 3.8) is 0 Å². The highest BCUT2D eigenvalue weighted by atomic mass is 16.2. The highest BCUT2D eigenvalue weighted by molar-refractivity contribution is 6.00. The average Bonchev–Trinajstić information content (AvgIpc) is 3.14. The molecule has 0 atom stereocenters. The molecule has 27 heavy (non-hydrogen) atoms. The molecule has 4 rings (SSSR count). The minimum Gasteiger partial charge on any atom is -0.368 e. The number of benzene rings is 1. The number of carbonyl (C=O) groups is 1. The van der Waals surface area contributed by atoms with E-state index in [1.165, 1.54) is 12.0 Å². The molecule has 3 aromatic rings. The number of aromatic nitrogens is 4. The predicted molar refractivity (Wildman–Crippen MR) is 104 cm³/mol. The Hall–Kier alpha value is -3.22. The second-order valence-corrected chi connectivity index (χ2v) is 6.69. The zero-order valence-corrected chi connectivity index (χ0v) is 15.5. The molecule has 0 spiro atoms. The fraction of sp³-hybridized carbons (Fsp3) is 0.300. The molecule has 2 aromatic heterocycles. The van der Waals surface area contributed by atoms with Crippen molar-refractivity contribution in [3.05, 3.63) is 60.2 Å². The van der Waals surface area contributed by atoms with Crippen molar-refractivity contribution in [2.24, 2.45) is 7.05 Å². The number of hydrogen-bond donors (Lipinski definition) is 0. The smallest absolute Gasteiger partial charge is 0.254 e. The minimum atomic E-state index is 0.0414. The number of amides is 1. The quantitative estimate of drug-likeness (QED) is 0.714. The van der Waals surface area contributed by atoms with Gasteiger partial charge >= 0.3 is 0 Å². The van der Waals surface area contributed by atoms with Crippen molar-refractivity contribution < 1.29 is 4.79 Å². The van der Waals surface area contributed by atoms with Gasteiger partial charge in [0.1, 0.15) is 6.33 Å². The Morgan fingerprint density at radius 1 is 1.07 bits per heavy atom. The summed E-state index contributed by atoms with van der Waals surface area (Å²) in [5.74, 6) is 0.740. The maximum absolute atomic E-state index is 13.2. The first-order valence-electron chi connectivity index (χ1n) is 9.03. The van der Waals surface area contributed by atoms with Crippen LogP contribution in [0.3, 0.4) is 0 Å². The standard InChI is InChI=1S/C20H22N6O/c1-15-13-21-8-7-18(15)25-9-11-26(12-10-25)20(27)17-6-4-3-5-16(17)19-22-14-23-24(19)2/h3-8,13-14H,9-12H2,1-2H3. The molecule has 7 nitrogen and oxygen atoms in total. The Morgan fingerprint density at radius 3 is 2.56 bits per heavy atom. The van der Waals surface area contributed by atoms with Gasteiger partial charge in [-0.25, -0.2) is 9.67 Å². The van der Waals surface area contributed by atoms with Crippen molar-refractivity contribution >= 4 is 11.6 Å². The molecular formula is C20H22N6O. The summed E-state index contributed by atoms with van der Waals surface area (Å²) in [4.78, 5) is 25.9. The number of carbonyl (C=O) groups excluding carboxylic acids is 1. The summed E-state index contributed by atoms with van der Waals surface area (Å²) in [6.07, 6.45) is 5.20. The van der Waals surface area contributed by atoms with Crippen LogP contribution >= 0.6 is 0 Å². The lowest BCUT2D eigenvalue weighted by molar-refractivity contribution is 0.0747. The molecule has 1 aliphatic rings. The summed E-state index contributed by atoms with van der Waals surface area (Å²) < 4.78 is 1.69. The molecule has 7 heteroatoms. The first kappa shape index (κ1) is 17.2. The lowest BCUT2D eigenvalue weighted by atomic mass is 10.0. The summed E-state index contributed by atoms with van der Waals surface area (Å²) >= 11 is 0. The molecule has 1 saturated heterocycles. The van der Waals surface area contributed by atoms with Crippen molar-refractivity contribution in [2.75, 3.05) is 31.1 Å². The molecule has 0 aliphatic carbocycles. The van der Waals surface area contributed by atoms with Gasteiger partial charge in [0, 0.05) is 56.9 Å². The number of hydrogen-bond acceptors (Lipinski definition) is 5. The van der Waals surface area contributed by atoms with Gasteiger partial charge in [-0.2, -0.15) is 5.10 Å². The summed E-state index contributed by atoms with van der Waals surface area (Å²) in [5.41, 5.74) is 3.83. The molecule has 138 valence electrons. The van der Waals surface area contributed by atoms with Gasteiger partial charge in [0.2, 0.25) is 0 Å². The molecular weight excluding hydrogens is 340 g/mol. The molecule has 0 saturated carbocycles. The third-order valence-electron chi connectivity index (χ3n) is 5.01. The van der Waals surface area contributed by atoms with E-state index >= 15 is 0 Å². The Labute approximate surface area is 158 Å². The summed E-state index contributed by atoms with van der Waals surface area (Å²) in [6, 6.07) is 9.64. The fourth-order valence-corrected chi connectivity index (χ4v) is 3.55. The number of anilines is 1. The highest BCUT2D eigenvalue weighted by Crippen LogP contribution is 2.24. The van der Waals surface area contributed by atoms with E-state index in [0.29, 0.717) is 24.5 Å².